The number of amides is 3. The van der Waals surface area contributed by atoms with Crippen LogP contribution in [0, 0.1) is 5.92 Å². The molecule has 6 heteroatoms. The van der Waals surface area contributed by atoms with Gasteiger partial charge in [-0.15, -0.1) is 0 Å². The molecular weight excluding hydrogens is 354 g/mol. The Kier molecular flexibility index (Phi) is 7.46. The van der Waals surface area contributed by atoms with Crippen LogP contribution in [0.5, 0.6) is 0 Å². The maximum Gasteiger partial charge on any atom is 0.241 e. The molecule has 0 aromatic heterocycles. The molecule has 0 unspecified atom stereocenters. The standard InChI is InChI=1S/C22H31N3O3/c26-20(16-18-8-4-3-5-9-18)23-17-21(27)24-14-10-19(11-15-24)22(28)25-12-6-1-2-7-13-25/h3-5,8-9,19H,1-2,6-7,10-17H2,(H,23,26). The minimum absolute atomic E-state index is 0.0242. The van der Waals surface area contributed by atoms with Crippen LogP contribution >= 0.6 is 0 Å². The molecule has 2 fully saturated rings. The molecule has 3 rings (SSSR count). The number of hydrogen-bond acceptors (Lipinski definition) is 3. The number of carbonyl (C=O) groups excluding carboxylic acids is 3. The minimum Gasteiger partial charge on any atom is -0.347 e. The van der Waals surface area contributed by atoms with Gasteiger partial charge in [-0.25, -0.2) is 0 Å². The van der Waals surface area contributed by atoms with Gasteiger partial charge in [0, 0.05) is 32.1 Å². The number of nitrogens with zero attached hydrogens (tertiary/aromatic N) is 2. The normalized spacial score (nSPS) is 18.4. The molecule has 0 aliphatic carbocycles. The molecule has 1 N–H and O–H groups in total. The molecule has 0 radical (unpaired) electrons. The highest BCUT2D eigenvalue weighted by atomic mass is 16.2. The Bertz CT molecular complexity index is 661. The van der Waals surface area contributed by atoms with Crippen molar-refractivity contribution in [3.05, 3.63) is 35.9 Å². The predicted molar refractivity (Wildman–Crippen MR) is 108 cm³/mol. The molecule has 28 heavy (non-hydrogen) atoms. The largest absolute Gasteiger partial charge is 0.347 e. The van der Waals surface area contributed by atoms with Gasteiger partial charge < -0.3 is 15.1 Å². The highest BCUT2D eigenvalue weighted by Crippen LogP contribution is 2.21. The van der Waals surface area contributed by atoms with Gasteiger partial charge in [-0.2, -0.15) is 0 Å². The fourth-order valence-electron chi connectivity index (χ4n) is 4.05. The molecule has 6 nitrogen and oxygen atoms in total. The molecule has 2 aliphatic heterocycles. The van der Waals surface area contributed by atoms with E-state index >= 15 is 0 Å². The van der Waals surface area contributed by atoms with Crippen LogP contribution < -0.4 is 5.32 Å². The van der Waals surface area contributed by atoms with Crippen molar-refractivity contribution < 1.29 is 14.4 Å². The topological polar surface area (TPSA) is 69.7 Å². The molecule has 0 atom stereocenters. The molecule has 0 saturated carbocycles. The van der Waals surface area contributed by atoms with E-state index in [1.807, 2.05) is 35.2 Å². The monoisotopic (exact) mass is 385 g/mol. The number of rotatable bonds is 5. The minimum atomic E-state index is -0.147. The lowest BCUT2D eigenvalue weighted by Crippen LogP contribution is -2.47. The highest BCUT2D eigenvalue weighted by Gasteiger charge is 2.30. The first kappa shape index (κ1) is 20.4. The van der Waals surface area contributed by atoms with Crippen LogP contribution in [0.25, 0.3) is 0 Å². The summed E-state index contributed by atoms with van der Waals surface area (Å²) in [6, 6.07) is 9.49. The van der Waals surface area contributed by atoms with Gasteiger partial charge in [0.2, 0.25) is 17.7 Å². The number of likely N-dealkylation sites (tertiary alicyclic amines) is 2. The lowest BCUT2D eigenvalue weighted by atomic mass is 9.95. The molecule has 3 amide bonds. The van der Waals surface area contributed by atoms with E-state index in [2.05, 4.69) is 5.32 Å². The lowest BCUT2D eigenvalue weighted by Gasteiger charge is -2.34. The molecule has 2 heterocycles. The number of carbonyl (C=O) groups is 3. The van der Waals surface area contributed by atoms with Crippen molar-refractivity contribution in [2.45, 2.75) is 44.9 Å². The summed E-state index contributed by atoms with van der Waals surface area (Å²) in [4.78, 5) is 40.9. The van der Waals surface area contributed by atoms with Crippen molar-refractivity contribution in [3.8, 4) is 0 Å². The third-order valence-corrected chi connectivity index (χ3v) is 5.76. The van der Waals surface area contributed by atoms with Gasteiger partial charge in [-0.3, -0.25) is 14.4 Å². The summed E-state index contributed by atoms with van der Waals surface area (Å²) in [7, 11) is 0. The molecule has 1 aromatic rings. The zero-order chi connectivity index (χ0) is 19.8. The summed E-state index contributed by atoms with van der Waals surface area (Å²) in [5.74, 6) is 0.0906. The Balaban J connectivity index is 1.38. The molecular formula is C22H31N3O3. The van der Waals surface area contributed by atoms with Gasteiger partial charge >= 0.3 is 0 Å². The van der Waals surface area contributed by atoms with Gasteiger partial charge in [-0.1, -0.05) is 43.2 Å². The van der Waals surface area contributed by atoms with Crippen LogP contribution in [0.4, 0.5) is 0 Å². The molecule has 2 saturated heterocycles. The SMILES string of the molecule is O=C(Cc1ccccc1)NCC(=O)N1CCC(C(=O)N2CCCCCC2)CC1. The third-order valence-electron chi connectivity index (χ3n) is 5.76. The Hall–Kier alpha value is -2.37. The Morgan fingerprint density at radius 1 is 0.857 bits per heavy atom. The van der Waals surface area contributed by atoms with E-state index in [9.17, 15) is 14.4 Å². The first-order valence-corrected chi connectivity index (χ1v) is 10.5. The zero-order valence-corrected chi connectivity index (χ0v) is 16.6. The van der Waals surface area contributed by atoms with Crippen molar-refractivity contribution in [2.24, 2.45) is 5.92 Å². The summed E-state index contributed by atoms with van der Waals surface area (Å²) in [6.07, 6.45) is 6.36. The number of benzene rings is 1. The average molecular weight is 386 g/mol. The summed E-state index contributed by atoms with van der Waals surface area (Å²) < 4.78 is 0. The van der Waals surface area contributed by atoms with Gasteiger partial charge in [-0.05, 0) is 31.2 Å². The van der Waals surface area contributed by atoms with Crippen LogP contribution in [0.3, 0.4) is 0 Å². The molecule has 0 spiro atoms. The maximum atomic E-state index is 12.7. The molecule has 1 aromatic carbocycles. The second kappa shape index (κ2) is 10.2. The van der Waals surface area contributed by atoms with Gasteiger partial charge in [0.15, 0.2) is 0 Å². The maximum absolute atomic E-state index is 12.7. The second-order valence-corrected chi connectivity index (χ2v) is 7.83. The van der Waals surface area contributed by atoms with E-state index in [4.69, 9.17) is 0 Å². The van der Waals surface area contributed by atoms with Crippen molar-refractivity contribution >= 4 is 17.7 Å². The number of hydrogen-bond donors (Lipinski definition) is 1. The van der Waals surface area contributed by atoms with Crippen LogP contribution in [0.15, 0.2) is 30.3 Å². The van der Waals surface area contributed by atoms with Crippen molar-refractivity contribution in [1.82, 2.24) is 15.1 Å². The van der Waals surface area contributed by atoms with Crippen LogP contribution in [-0.4, -0.2) is 60.2 Å². The summed E-state index contributed by atoms with van der Waals surface area (Å²) in [6.45, 7) is 2.97. The van der Waals surface area contributed by atoms with Crippen LogP contribution in [0.2, 0.25) is 0 Å². The van der Waals surface area contributed by atoms with E-state index in [0.29, 0.717) is 13.1 Å². The predicted octanol–water partition coefficient (Wildman–Crippen LogP) is 1.99. The van der Waals surface area contributed by atoms with Gasteiger partial charge in [0.1, 0.15) is 0 Å². The lowest BCUT2D eigenvalue weighted by molar-refractivity contribution is -0.140. The van der Waals surface area contributed by atoms with E-state index in [1.165, 1.54) is 12.8 Å². The number of nitrogens with one attached hydrogen (secondary N) is 1. The van der Waals surface area contributed by atoms with E-state index in [0.717, 1.165) is 44.3 Å². The molecule has 152 valence electrons. The second-order valence-electron chi connectivity index (χ2n) is 7.83. The Labute approximate surface area is 167 Å². The summed E-state index contributed by atoms with van der Waals surface area (Å²) in [5, 5.41) is 2.72. The van der Waals surface area contributed by atoms with Crippen LogP contribution in [-0.2, 0) is 20.8 Å². The first-order valence-electron chi connectivity index (χ1n) is 10.5. The van der Waals surface area contributed by atoms with Crippen LogP contribution in [0.1, 0.15) is 44.1 Å². The smallest absolute Gasteiger partial charge is 0.241 e. The van der Waals surface area contributed by atoms with Crippen molar-refractivity contribution in [2.75, 3.05) is 32.7 Å². The van der Waals surface area contributed by atoms with Gasteiger partial charge in [0.25, 0.3) is 0 Å². The van der Waals surface area contributed by atoms with Crippen molar-refractivity contribution in [1.29, 1.82) is 0 Å². The highest BCUT2D eigenvalue weighted by molar-refractivity contribution is 5.86. The Morgan fingerprint density at radius 2 is 1.50 bits per heavy atom. The van der Waals surface area contributed by atoms with Crippen molar-refractivity contribution in [3.63, 3.8) is 0 Å². The summed E-state index contributed by atoms with van der Waals surface area (Å²) in [5.41, 5.74) is 0.931. The zero-order valence-electron chi connectivity index (χ0n) is 16.6. The number of piperidine rings is 1. The van der Waals surface area contributed by atoms with E-state index < -0.39 is 0 Å². The fourth-order valence-corrected chi connectivity index (χ4v) is 4.05. The van der Waals surface area contributed by atoms with E-state index in [1.54, 1.807) is 4.90 Å². The molecule has 0 bridgehead atoms. The Morgan fingerprint density at radius 3 is 2.14 bits per heavy atom. The first-order chi connectivity index (χ1) is 13.6. The van der Waals surface area contributed by atoms with Gasteiger partial charge in [0.05, 0.1) is 13.0 Å². The van der Waals surface area contributed by atoms with E-state index in [-0.39, 0.29) is 36.6 Å². The third kappa shape index (κ3) is 5.81. The quantitative estimate of drug-likeness (QED) is 0.843. The summed E-state index contributed by atoms with van der Waals surface area (Å²) >= 11 is 0. The molecule has 2 aliphatic rings. The fraction of sp³-hybridized carbons (Fsp3) is 0.591. The average Bonchev–Trinajstić information content (AvgIpc) is 3.02.